The summed E-state index contributed by atoms with van der Waals surface area (Å²) in [4.78, 5) is 15.3. The molecule has 6 rings (SSSR count). The summed E-state index contributed by atoms with van der Waals surface area (Å²) in [6.07, 6.45) is 2.90. The molecule has 0 saturated carbocycles. The zero-order chi connectivity index (χ0) is 25.5. The molecule has 0 N–H and O–H groups in total. The fourth-order valence-electron chi connectivity index (χ4n) is 5.76. The fourth-order valence-corrected chi connectivity index (χ4v) is 5.76. The number of ether oxygens (including phenoxy) is 3. The van der Waals surface area contributed by atoms with Crippen molar-refractivity contribution < 1.29 is 23.5 Å². The first-order valence-electron chi connectivity index (χ1n) is 13.3. The number of benzene rings is 3. The second-order valence-corrected chi connectivity index (χ2v) is 10.2. The molecule has 6 heteroatoms. The number of carbonyl (C=O) groups is 1. The average Bonchev–Trinajstić information content (AvgIpc) is 2.96. The number of piperidine rings is 3. The molecule has 3 fully saturated rings. The number of hydrogen-bond acceptors (Lipinski definition) is 4. The Morgan fingerprint density at radius 3 is 2.22 bits per heavy atom. The molecule has 37 heavy (non-hydrogen) atoms. The van der Waals surface area contributed by atoms with E-state index in [0.29, 0.717) is 19.1 Å². The molecule has 194 valence electrons. The minimum absolute atomic E-state index is 0.0421. The second kappa shape index (κ2) is 11.7. The molecule has 1 amide bonds. The lowest BCUT2D eigenvalue weighted by molar-refractivity contribution is -0.946. The van der Waals surface area contributed by atoms with Crippen LogP contribution >= 0.6 is 0 Å². The van der Waals surface area contributed by atoms with Crippen LogP contribution in [0, 0.1) is 5.92 Å². The van der Waals surface area contributed by atoms with Crippen molar-refractivity contribution in [3.05, 3.63) is 90.5 Å². The molecule has 3 aliphatic heterocycles. The normalized spacial score (nSPS) is 22.3. The Kier molecular flexibility index (Phi) is 7.95. The van der Waals surface area contributed by atoms with Crippen LogP contribution in [0.25, 0.3) is 0 Å². The lowest BCUT2D eigenvalue weighted by atomic mass is 9.83. The summed E-state index contributed by atoms with van der Waals surface area (Å²) >= 11 is 0. The molecule has 3 saturated heterocycles. The van der Waals surface area contributed by atoms with Crippen molar-refractivity contribution in [1.29, 1.82) is 0 Å². The van der Waals surface area contributed by atoms with Crippen LogP contribution in [0.1, 0.15) is 24.8 Å². The highest BCUT2D eigenvalue weighted by Gasteiger charge is 2.47. The fraction of sp³-hybridized carbons (Fsp3) is 0.387. The monoisotopic (exact) mass is 501 g/mol. The Morgan fingerprint density at radius 2 is 1.54 bits per heavy atom. The molecule has 2 bridgehead atoms. The van der Waals surface area contributed by atoms with Crippen molar-refractivity contribution in [1.82, 2.24) is 0 Å². The van der Waals surface area contributed by atoms with E-state index in [9.17, 15) is 4.79 Å². The van der Waals surface area contributed by atoms with Crippen LogP contribution in [0.4, 0.5) is 10.5 Å². The summed E-state index contributed by atoms with van der Waals surface area (Å²) in [7, 11) is 1.67. The third kappa shape index (κ3) is 6.25. The highest BCUT2D eigenvalue weighted by Crippen LogP contribution is 2.36. The van der Waals surface area contributed by atoms with Gasteiger partial charge in [-0.2, -0.15) is 0 Å². The van der Waals surface area contributed by atoms with E-state index in [1.165, 1.54) is 0 Å². The number of amides is 1. The summed E-state index contributed by atoms with van der Waals surface area (Å²) in [5.74, 6) is 2.15. The molecule has 0 spiro atoms. The van der Waals surface area contributed by atoms with Gasteiger partial charge in [-0.25, -0.2) is 4.79 Å². The minimum atomic E-state index is -0.255. The van der Waals surface area contributed by atoms with E-state index in [4.69, 9.17) is 14.2 Å². The van der Waals surface area contributed by atoms with Crippen LogP contribution in [0.5, 0.6) is 11.5 Å². The van der Waals surface area contributed by atoms with Gasteiger partial charge in [-0.15, -0.1) is 0 Å². The van der Waals surface area contributed by atoms with Gasteiger partial charge in [-0.3, -0.25) is 4.90 Å². The Bertz CT molecular complexity index is 1130. The van der Waals surface area contributed by atoms with Gasteiger partial charge < -0.3 is 18.7 Å². The van der Waals surface area contributed by atoms with Crippen LogP contribution in [-0.2, 0) is 11.3 Å². The third-order valence-corrected chi connectivity index (χ3v) is 7.87. The number of nitrogens with zero attached hydrogens (tertiary/aromatic N) is 2. The number of rotatable bonds is 10. The maximum atomic E-state index is 13.5. The first kappa shape index (κ1) is 25.2. The summed E-state index contributed by atoms with van der Waals surface area (Å²) < 4.78 is 18.5. The van der Waals surface area contributed by atoms with E-state index < -0.39 is 0 Å². The van der Waals surface area contributed by atoms with Crippen molar-refractivity contribution in [3.8, 4) is 11.5 Å². The standard InChI is InChI=1S/C31H37N2O4/c1-35-28-13-15-29(16-14-28)36-22-8-19-33-20-17-26(18-21-33)30(24-33)37-31(34)32(27-11-6-3-7-12-27)23-25-9-4-2-5-10-25/h2-7,9-16,26,30H,8,17-24H2,1H3/q+1/t26?,30-,33?/m0/s1. The summed E-state index contributed by atoms with van der Waals surface area (Å²) in [6, 6.07) is 27.7. The Balaban J connectivity index is 1.19. The predicted molar refractivity (Wildman–Crippen MR) is 145 cm³/mol. The van der Waals surface area contributed by atoms with Gasteiger partial charge in [-0.1, -0.05) is 48.5 Å². The maximum Gasteiger partial charge on any atom is 0.415 e. The SMILES string of the molecule is COc1ccc(OCCC[N+]23CCC(CC2)[C@@H](OC(=O)N(Cc2ccccc2)c2ccccc2)C3)cc1. The van der Waals surface area contributed by atoms with E-state index in [1.807, 2.05) is 84.9 Å². The zero-order valence-electron chi connectivity index (χ0n) is 21.6. The topological polar surface area (TPSA) is 48.0 Å². The summed E-state index contributed by atoms with van der Waals surface area (Å²) in [5, 5.41) is 0. The average molecular weight is 502 g/mol. The van der Waals surface area contributed by atoms with Crippen LogP contribution in [0.3, 0.4) is 0 Å². The van der Waals surface area contributed by atoms with Crippen molar-refractivity contribution in [2.24, 2.45) is 5.92 Å². The van der Waals surface area contributed by atoms with Crippen molar-refractivity contribution >= 4 is 11.8 Å². The van der Waals surface area contributed by atoms with E-state index in [2.05, 4.69) is 0 Å². The van der Waals surface area contributed by atoms with E-state index in [1.54, 1.807) is 12.0 Å². The van der Waals surface area contributed by atoms with E-state index in [0.717, 1.165) is 72.7 Å². The minimum Gasteiger partial charge on any atom is -0.497 e. The van der Waals surface area contributed by atoms with Crippen LogP contribution in [0.2, 0.25) is 0 Å². The summed E-state index contributed by atoms with van der Waals surface area (Å²) in [5.41, 5.74) is 1.94. The number of fused-ring (bicyclic) bond motifs is 3. The van der Waals surface area contributed by atoms with Crippen molar-refractivity contribution in [2.75, 3.05) is 44.8 Å². The molecule has 3 aromatic rings. The third-order valence-electron chi connectivity index (χ3n) is 7.87. The Labute approximate surface area is 220 Å². The van der Waals surface area contributed by atoms with Gasteiger partial charge in [0.1, 0.15) is 18.0 Å². The first-order chi connectivity index (χ1) is 18.1. The highest BCUT2D eigenvalue weighted by atomic mass is 16.6. The van der Waals surface area contributed by atoms with Gasteiger partial charge in [0.25, 0.3) is 0 Å². The molecule has 0 aliphatic carbocycles. The number of para-hydroxylation sites is 1. The molecule has 3 aromatic carbocycles. The smallest absolute Gasteiger partial charge is 0.415 e. The molecular formula is C31H37N2O4+. The lowest BCUT2D eigenvalue weighted by Gasteiger charge is -2.52. The van der Waals surface area contributed by atoms with Crippen LogP contribution in [0.15, 0.2) is 84.9 Å². The largest absolute Gasteiger partial charge is 0.497 e. The number of carbonyl (C=O) groups excluding carboxylic acids is 1. The van der Waals surface area contributed by atoms with Crippen molar-refractivity contribution in [2.45, 2.75) is 31.9 Å². The zero-order valence-corrected chi connectivity index (χ0v) is 21.6. The molecular weight excluding hydrogens is 464 g/mol. The van der Waals surface area contributed by atoms with Gasteiger partial charge in [0, 0.05) is 30.9 Å². The van der Waals surface area contributed by atoms with Gasteiger partial charge >= 0.3 is 6.09 Å². The number of methoxy groups -OCH3 is 1. The number of quaternary nitrogens is 1. The molecule has 3 aliphatic rings. The molecule has 3 heterocycles. The molecule has 0 aromatic heterocycles. The second-order valence-electron chi connectivity index (χ2n) is 10.2. The number of anilines is 1. The van der Waals surface area contributed by atoms with Gasteiger partial charge in [0.15, 0.2) is 6.10 Å². The Hall–Kier alpha value is -3.51. The van der Waals surface area contributed by atoms with Gasteiger partial charge in [-0.05, 0) is 42.0 Å². The van der Waals surface area contributed by atoms with Crippen LogP contribution in [-0.4, -0.2) is 56.6 Å². The van der Waals surface area contributed by atoms with Gasteiger partial charge in [0.05, 0.1) is 39.9 Å². The lowest BCUT2D eigenvalue weighted by Crippen LogP contribution is -2.65. The highest BCUT2D eigenvalue weighted by molar-refractivity contribution is 5.87. The van der Waals surface area contributed by atoms with E-state index in [-0.39, 0.29) is 12.2 Å². The molecule has 0 radical (unpaired) electrons. The molecule has 0 unspecified atom stereocenters. The quantitative estimate of drug-likeness (QED) is 0.256. The maximum absolute atomic E-state index is 13.5. The van der Waals surface area contributed by atoms with Crippen molar-refractivity contribution in [3.63, 3.8) is 0 Å². The Morgan fingerprint density at radius 1 is 0.892 bits per heavy atom. The molecule has 6 nitrogen and oxygen atoms in total. The molecule has 1 atom stereocenters. The number of hydrogen-bond donors (Lipinski definition) is 0. The van der Waals surface area contributed by atoms with Gasteiger partial charge in [0.2, 0.25) is 0 Å². The van der Waals surface area contributed by atoms with E-state index >= 15 is 0 Å². The first-order valence-corrected chi connectivity index (χ1v) is 13.3. The van der Waals surface area contributed by atoms with Crippen LogP contribution < -0.4 is 14.4 Å². The summed E-state index contributed by atoms with van der Waals surface area (Å²) in [6.45, 7) is 5.43. The predicted octanol–water partition coefficient (Wildman–Crippen LogP) is 5.92.